The topological polar surface area (TPSA) is 55.4 Å². The summed E-state index contributed by atoms with van der Waals surface area (Å²) in [6.07, 6.45) is 1.55. The first kappa shape index (κ1) is 14.8. The monoisotopic (exact) mass is 299 g/mol. The van der Waals surface area contributed by atoms with Crippen LogP contribution in [0.25, 0.3) is 0 Å². The summed E-state index contributed by atoms with van der Waals surface area (Å²) < 4.78 is 5.42. The second kappa shape index (κ2) is 5.27. The number of carbonyl (C=O) groups excluding carboxylic acids is 2. The van der Waals surface area contributed by atoms with Crippen molar-refractivity contribution < 1.29 is 14.3 Å². The Balaban J connectivity index is 2.11. The molecule has 0 saturated heterocycles. The molecule has 1 heterocycles. The summed E-state index contributed by atoms with van der Waals surface area (Å²) in [7, 11) is 1.61. The minimum atomic E-state index is -0.205. The normalized spacial score (nSPS) is 23.9. The molecule has 1 atom stereocenters. The Morgan fingerprint density at radius 3 is 2.64 bits per heavy atom. The Morgan fingerprint density at radius 1 is 1.18 bits per heavy atom. The van der Waals surface area contributed by atoms with Crippen LogP contribution in [-0.2, 0) is 9.59 Å². The lowest BCUT2D eigenvalue weighted by Crippen LogP contribution is -2.40. The number of ether oxygens (including phenoxy) is 1. The Labute approximate surface area is 130 Å². The lowest BCUT2D eigenvalue weighted by Gasteiger charge is -2.38. The van der Waals surface area contributed by atoms with Crippen LogP contribution in [0.2, 0.25) is 0 Å². The zero-order valence-electron chi connectivity index (χ0n) is 13.2. The van der Waals surface area contributed by atoms with Crippen molar-refractivity contribution in [1.29, 1.82) is 0 Å². The van der Waals surface area contributed by atoms with Gasteiger partial charge in [0.1, 0.15) is 5.75 Å². The van der Waals surface area contributed by atoms with Gasteiger partial charge in [-0.1, -0.05) is 32.0 Å². The Morgan fingerprint density at radius 2 is 1.91 bits per heavy atom. The van der Waals surface area contributed by atoms with Crippen LogP contribution in [0.3, 0.4) is 0 Å². The van der Waals surface area contributed by atoms with Gasteiger partial charge in [-0.2, -0.15) is 0 Å². The first-order valence-electron chi connectivity index (χ1n) is 7.60. The lowest BCUT2D eigenvalue weighted by atomic mass is 9.70. The van der Waals surface area contributed by atoms with Gasteiger partial charge >= 0.3 is 0 Å². The minimum absolute atomic E-state index is 0.0276. The maximum absolute atomic E-state index is 12.7. The molecule has 4 heteroatoms. The van der Waals surface area contributed by atoms with E-state index in [0.717, 1.165) is 29.0 Å². The van der Waals surface area contributed by atoms with Crippen LogP contribution in [0.15, 0.2) is 35.5 Å². The molecular formula is C18H21NO3. The Kier molecular flexibility index (Phi) is 3.55. The number of hydrogen-bond acceptors (Lipinski definition) is 3. The van der Waals surface area contributed by atoms with Crippen molar-refractivity contribution in [3.8, 4) is 5.75 Å². The third-order valence-corrected chi connectivity index (χ3v) is 4.46. The summed E-state index contributed by atoms with van der Waals surface area (Å²) in [6.45, 7) is 4.13. The van der Waals surface area contributed by atoms with E-state index in [1.807, 2.05) is 24.3 Å². The predicted molar refractivity (Wildman–Crippen MR) is 83.5 cm³/mol. The van der Waals surface area contributed by atoms with E-state index in [1.165, 1.54) is 0 Å². The molecule has 0 spiro atoms. The van der Waals surface area contributed by atoms with Gasteiger partial charge in [0.05, 0.1) is 7.11 Å². The summed E-state index contributed by atoms with van der Waals surface area (Å²) in [4.78, 5) is 24.8. The van der Waals surface area contributed by atoms with Gasteiger partial charge in [-0.3, -0.25) is 9.59 Å². The fraction of sp³-hybridized carbons (Fsp3) is 0.444. The zero-order chi connectivity index (χ0) is 15.9. The van der Waals surface area contributed by atoms with Crippen molar-refractivity contribution in [2.45, 2.75) is 39.0 Å². The van der Waals surface area contributed by atoms with Crippen LogP contribution in [0.1, 0.15) is 44.6 Å². The van der Waals surface area contributed by atoms with Gasteiger partial charge in [-0.15, -0.1) is 0 Å². The lowest BCUT2D eigenvalue weighted by molar-refractivity contribution is -0.122. The summed E-state index contributed by atoms with van der Waals surface area (Å²) >= 11 is 0. The van der Waals surface area contributed by atoms with Gasteiger partial charge in [0, 0.05) is 35.6 Å². The first-order valence-corrected chi connectivity index (χ1v) is 7.60. The number of allylic oxidation sites excluding steroid dienone is 2. The van der Waals surface area contributed by atoms with E-state index < -0.39 is 0 Å². The van der Waals surface area contributed by atoms with E-state index in [9.17, 15) is 9.59 Å². The Hall–Kier alpha value is -2.10. The number of benzene rings is 1. The summed E-state index contributed by atoms with van der Waals surface area (Å²) in [6, 6.07) is 7.63. The maximum atomic E-state index is 12.7. The number of hydrogen-bond donors (Lipinski definition) is 1. The van der Waals surface area contributed by atoms with Crippen LogP contribution in [0, 0.1) is 5.41 Å². The molecule has 1 aromatic carbocycles. The van der Waals surface area contributed by atoms with Crippen LogP contribution in [-0.4, -0.2) is 18.8 Å². The van der Waals surface area contributed by atoms with Crippen molar-refractivity contribution in [1.82, 2.24) is 5.32 Å². The molecule has 0 saturated carbocycles. The van der Waals surface area contributed by atoms with E-state index in [-0.39, 0.29) is 23.0 Å². The van der Waals surface area contributed by atoms with Gasteiger partial charge in [-0.05, 0) is 17.9 Å². The largest absolute Gasteiger partial charge is 0.496 e. The fourth-order valence-corrected chi connectivity index (χ4v) is 3.58. The highest BCUT2D eigenvalue weighted by Crippen LogP contribution is 2.45. The molecule has 22 heavy (non-hydrogen) atoms. The molecule has 0 radical (unpaired) electrons. The number of ketones is 1. The molecular weight excluding hydrogens is 278 g/mol. The highest BCUT2D eigenvalue weighted by atomic mass is 16.5. The van der Waals surface area contributed by atoms with Crippen LogP contribution in [0.4, 0.5) is 0 Å². The second-order valence-corrected chi connectivity index (χ2v) is 6.88. The highest BCUT2D eigenvalue weighted by molar-refractivity contribution is 6.02. The molecule has 0 fully saturated rings. The molecule has 1 aliphatic heterocycles. The van der Waals surface area contributed by atoms with Gasteiger partial charge in [-0.25, -0.2) is 0 Å². The average molecular weight is 299 g/mol. The zero-order valence-corrected chi connectivity index (χ0v) is 13.2. The van der Waals surface area contributed by atoms with Gasteiger partial charge < -0.3 is 10.1 Å². The van der Waals surface area contributed by atoms with Crippen LogP contribution < -0.4 is 10.1 Å². The molecule has 1 N–H and O–H groups in total. The molecule has 3 rings (SSSR count). The van der Waals surface area contributed by atoms with Gasteiger partial charge in [0.25, 0.3) is 0 Å². The van der Waals surface area contributed by atoms with Crippen molar-refractivity contribution in [2.75, 3.05) is 7.11 Å². The van der Waals surface area contributed by atoms with E-state index in [1.54, 1.807) is 7.11 Å². The first-order chi connectivity index (χ1) is 10.4. The van der Waals surface area contributed by atoms with E-state index in [2.05, 4.69) is 19.2 Å². The van der Waals surface area contributed by atoms with Gasteiger partial charge in [0.15, 0.2) is 5.78 Å². The molecule has 4 nitrogen and oxygen atoms in total. The molecule has 0 bridgehead atoms. The van der Waals surface area contributed by atoms with Gasteiger partial charge in [0.2, 0.25) is 5.91 Å². The third-order valence-electron chi connectivity index (χ3n) is 4.46. The van der Waals surface area contributed by atoms with E-state index in [4.69, 9.17) is 4.74 Å². The number of amides is 1. The number of carbonyl (C=O) groups is 2. The second-order valence-electron chi connectivity index (χ2n) is 6.88. The number of nitrogens with one attached hydrogen (secondary N) is 1. The number of para-hydroxylation sites is 1. The van der Waals surface area contributed by atoms with Crippen molar-refractivity contribution in [3.63, 3.8) is 0 Å². The van der Waals surface area contributed by atoms with Crippen molar-refractivity contribution >= 4 is 11.7 Å². The number of methoxy groups -OCH3 is 1. The molecule has 1 aromatic rings. The molecule has 0 unspecified atom stereocenters. The summed E-state index contributed by atoms with van der Waals surface area (Å²) in [5.74, 6) is 0.637. The minimum Gasteiger partial charge on any atom is -0.496 e. The molecule has 116 valence electrons. The third kappa shape index (κ3) is 2.54. The SMILES string of the molecule is COc1ccccc1[C@@H]1CC(=O)NC2=C1C(=O)CC(C)(C)C2. The predicted octanol–water partition coefficient (Wildman–Crippen LogP) is 2.94. The molecule has 1 amide bonds. The molecule has 0 aromatic heterocycles. The smallest absolute Gasteiger partial charge is 0.225 e. The quantitative estimate of drug-likeness (QED) is 0.913. The molecule has 2 aliphatic rings. The van der Waals surface area contributed by atoms with Crippen molar-refractivity contribution in [2.24, 2.45) is 5.41 Å². The van der Waals surface area contributed by atoms with E-state index >= 15 is 0 Å². The fourth-order valence-electron chi connectivity index (χ4n) is 3.58. The van der Waals surface area contributed by atoms with Crippen LogP contribution >= 0.6 is 0 Å². The average Bonchev–Trinajstić information content (AvgIpc) is 2.44. The highest BCUT2D eigenvalue weighted by Gasteiger charge is 2.41. The number of rotatable bonds is 2. The summed E-state index contributed by atoms with van der Waals surface area (Å²) in [5, 5.41) is 2.92. The van der Waals surface area contributed by atoms with E-state index in [0.29, 0.717) is 12.8 Å². The maximum Gasteiger partial charge on any atom is 0.225 e. The van der Waals surface area contributed by atoms with Crippen LogP contribution in [0.5, 0.6) is 5.75 Å². The van der Waals surface area contributed by atoms with Crippen molar-refractivity contribution in [3.05, 3.63) is 41.1 Å². The number of Topliss-reactive ketones (excluding diaryl/α,β-unsaturated/α-hetero) is 1. The summed E-state index contributed by atoms with van der Waals surface area (Å²) in [5.41, 5.74) is 2.38. The Bertz CT molecular complexity index is 673. The standard InChI is InChI=1S/C18H21NO3/c1-18(2)9-13-17(14(20)10-18)12(8-16(21)19-13)11-6-4-5-7-15(11)22-3/h4-7,12H,8-10H2,1-3H3,(H,19,21)/t12-/m0/s1. The molecule has 1 aliphatic carbocycles.